The number of hydrogen-bond acceptors (Lipinski definition) is 5. The average Bonchev–Trinajstić information content (AvgIpc) is 3.12. The lowest BCUT2D eigenvalue weighted by Gasteiger charge is -2.29. The van der Waals surface area contributed by atoms with Gasteiger partial charge in [0, 0.05) is 13.0 Å². The van der Waals surface area contributed by atoms with Gasteiger partial charge in [-0.05, 0) is 24.6 Å². The fourth-order valence-corrected chi connectivity index (χ4v) is 3.82. The van der Waals surface area contributed by atoms with Crippen molar-refractivity contribution in [3.63, 3.8) is 0 Å². The van der Waals surface area contributed by atoms with Crippen LogP contribution in [-0.2, 0) is 19.1 Å². The number of nitrogens with one attached hydrogen (secondary N) is 1. The van der Waals surface area contributed by atoms with Crippen LogP contribution < -0.4 is 10.5 Å². The van der Waals surface area contributed by atoms with Gasteiger partial charge in [0.05, 0.1) is 35.7 Å². The van der Waals surface area contributed by atoms with Crippen LogP contribution in [0.4, 0.5) is 23.2 Å². The predicted octanol–water partition coefficient (Wildman–Crippen LogP) is 3.34. The minimum absolute atomic E-state index is 0.00431. The van der Waals surface area contributed by atoms with Crippen LogP contribution in [0.1, 0.15) is 35.5 Å². The molecule has 3 aromatic rings. The summed E-state index contributed by atoms with van der Waals surface area (Å²) in [6.45, 7) is 2.26. The molecule has 3 heterocycles. The predicted molar refractivity (Wildman–Crippen MR) is 99.9 cm³/mol. The maximum absolute atomic E-state index is 13.4. The number of benzene rings is 1. The summed E-state index contributed by atoms with van der Waals surface area (Å²) in [4.78, 5) is 13.5. The Kier molecular flexibility index (Phi) is 5.00. The number of anilines is 1. The van der Waals surface area contributed by atoms with E-state index in [9.17, 15) is 22.4 Å². The molecule has 1 aliphatic heterocycles. The minimum Gasteiger partial charge on any atom is -0.362 e. The largest absolute Gasteiger partial charge is 0.416 e. The number of fused-ring (bicyclic) bond motifs is 1. The summed E-state index contributed by atoms with van der Waals surface area (Å²) in [5.74, 6) is -0.960. The van der Waals surface area contributed by atoms with Gasteiger partial charge in [0.2, 0.25) is 0 Å². The van der Waals surface area contributed by atoms with E-state index in [0.29, 0.717) is 36.1 Å². The van der Waals surface area contributed by atoms with Gasteiger partial charge in [-0.3, -0.25) is 4.79 Å². The highest BCUT2D eigenvalue weighted by Crippen LogP contribution is 2.37. The number of aromatic amines is 1. The van der Waals surface area contributed by atoms with Gasteiger partial charge in [0.1, 0.15) is 16.5 Å². The molecule has 1 N–H and O–H groups in total. The summed E-state index contributed by atoms with van der Waals surface area (Å²) >= 11 is 6.06. The minimum atomic E-state index is -4.70. The molecule has 158 valence electrons. The van der Waals surface area contributed by atoms with E-state index in [1.165, 1.54) is 10.9 Å². The van der Waals surface area contributed by atoms with Crippen LogP contribution in [-0.4, -0.2) is 31.7 Å². The van der Waals surface area contributed by atoms with Gasteiger partial charge < -0.3 is 4.90 Å². The highest BCUT2D eigenvalue weighted by atomic mass is 35.5. The summed E-state index contributed by atoms with van der Waals surface area (Å²) in [5.41, 5.74) is 0.00366. The molecule has 0 bridgehead atoms. The van der Waals surface area contributed by atoms with Crippen molar-refractivity contribution in [2.75, 3.05) is 11.4 Å². The Labute approximate surface area is 172 Å². The molecule has 0 aliphatic carbocycles. The molecule has 30 heavy (non-hydrogen) atoms. The highest BCUT2D eigenvalue weighted by molar-refractivity contribution is 6.32. The SMILES string of the molecule is C[C@@H](c1ccc(F)cc1C(F)(F)F)n1nnc2c1CCN(c1cn[nH]c(=O)c1Cl)C2. The molecule has 1 atom stereocenters. The molecule has 0 spiro atoms. The quantitative estimate of drug-likeness (QED) is 0.629. The van der Waals surface area contributed by atoms with E-state index in [1.807, 2.05) is 0 Å². The first-order valence-electron chi connectivity index (χ1n) is 8.94. The summed E-state index contributed by atoms with van der Waals surface area (Å²) < 4.78 is 55.1. The number of H-pyrrole nitrogens is 1. The van der Waals surface area contributed by atoms with E-state index in [4.69, 9.17) is 11.6 Å². The molecule has 1 aliphatic rings. The van der Waals surface area contributed by atoms with Crippen LogP contribution >= 0.6 is 11.6 Å². The number of hydrogen-bond donors (Lipinski definition) is 1. The van der Waals surface area contributed by atoms with E-state index in [0.717, 1.165) is 12.1 Å². The molecule has 0 saturated heterocycles. The van der Waals surface area contributed by atoms with Crippen molar-refractivity contribution >= 4 is 17.3 Å². The van der Waals surface area contributed by atoms with Crippen LogP contribution in [0.2, 0.25) is 5.02 Å². The maximum Gasteiger partial charge on any atom is 0.416 e. The number of rotatable bonds is 3. The Morgan fingerprint density at radius 1 is 1.30 bits per heavy atom. The monoisotopic (exact) mass is 442 g/mol. The molecular formula is C18H15ClF4N6O. The van der Waals surface area contributed by atoms with Gasteiger partial charge in [-0.1, -0.05) is 22.9 Å². The lowest BCUT2D eigenvalue weighted by Crippen LogP contribution is -2.33. The topological polar surface area (TPSA) is 79.7 Å². The number of alkyl halides is 3. The fraction of sp³-hybridized carbons (Fsp3) is 0.333. The second-order valence-electron chi connectivity index (χ2n) is 6.90. The number of aromatic nitrogens is 5. The Balaban J connectivity index is 1.67. The van der Waals surface area contributed by atoms with Crippen LogP contribution in [0.3, 0.4) is 0 Å². The zero-order chi connectivity index (χ0) is 21.6. The summed E-state index contributed by atoms with van der Waals surface area (Å²) in [7, 11) is 0. The van der Waals surface area contributed by atoms with Gasteiger partial charge in [-0.25, -0.2) is 14.2 Å². The van der Waals surface area contributed by atoms with Crippen LogP contribution in [0.5, 0.6) is 0 Å². The zero-order valence-electron chi connectivity index (χ0n) is 15.5. The molecule has 0 radical (unpaired) electrons. The normalized spacial score (nSPS) is 15.2. The van der Waals surface area contributed by atoms with E-state index >= 15 is 0 Å². The van der Waals surface area contributed by atoms with Crippen molar-refractivity contribution in [2.24, 2.45) is 0 Å². The van der Waals surface area contributed by atoms with Crippen molar-refractivity contribution in [1.82, 2.24) is 25.2 Å². The van der Waals surface area contributed by atoms with Gasteiger partial charge in [-0.2, -0.15) is 18.3 Å². The zero-order valence-corrected chi connectivity index (χ0v) is 16.3. The lowest BCUT2D eigenvalue weighted by atomic mass is 10.00. The Morgan fingerprint density at radius 3 is 2.80 bits per heavy atom. The maximum atomic E-state index is 13.4. The smallest absolute Gasteiger partial charge is 0.362 e. The molecule has 2 aromatic heterocycles. The third-order valence-electron chi connectivity index (χ3n) is 5.09. The van der Waals surface area contributed by atoms with Gasteiger partial charge in [0.15, 0.2) is 0 Å². The van der Waals surface area contributed by atoms with E-state index < -0.39 is 29.2 Å². The molecule has 1 aromatic carbocycles. The molecular weight excluding hydrogens is 428 g/mol. The molecule has 7 nitrogen and oxygen atoms in total. The Bertz CT molecular complexity index is 1160. The lowest BCUT2D eigenvalue weighted by molar-refractivity contribution is -0.138. The molecule has 4 rings (SSSR count). The molecule has 0 fully saturated rings. The van der Waals surface area contributed by atoms with Gasteiger partial charge in [-0.15, -0.1) is 5.10 Å². The second-order valence-corrected chi connectivity index (χ2v) is 7.28. The highest BCUT2D eigenvalue weighted by Gasteiger charge is 2.36. The van der Waals surface area contributed by atoms with E-state index in [2.05, 4.69) is 20.5 Å². The molecule has 12 heteroatoms. The average molecular weight is 443 g/mol. The first kappa shape index (κ1) is 20.3. The third kappa shape index (κ3) is 3.53. The van der Waals surface area contributed by atoms with E-state index in [1.54, 1.807) is 11.8 Å². The summed E-state index contributed by atoms with van der Waals surface area (Å²) in [6.07, 6.45) is -2.86. The first-order chi connectivity index (χ1) is 14.2. The number of nitrogens with zero attached hydrogens (tertiary/aromatic N) is 5. The number of halogens is 5. The molecule has 0 unspecified atom stereocenters. The Morgan fingerprint density at radius 2 is 2.07 bits per heavy atom. The fourth-order valence-electron chi connectivity index (χ4n) is 3.61. The van der Waals surface area contributed by atoms with Crippen molar-refractivity contribution in [1.29, 1.82) is 0 Å². The molecule has 0 saturated carbocycles. The molecule has 0 amide bonds. The standard InChI is InChI=1S/C18H15ClF4N6O/c1-9(11-3-2-10(20)6-12(11)18(21,22)23)29-14-4-5-28(8-13(14)25-27-29)15-7-24-26-17(30)16(15)19/h2-3,6-7,9H,4-5,8H2,1H3,(H,26,30)/t9-/m0/s1. The van der Waals surface area contributed by atoms with Gasteiger partial charge >= 0.3 is 6.18 Å². The third-order valence-corrected chi connectivity index (χ3v) is 5.45. The van der Waals surface area contributed by atoms with Crippen molar-refractivity contribution in [3.05, 3.63) is 68.1 Å². The van der Waals surface area contributed by atoms with Crippen molar-refractivity contribution in [3.8, 4) is 0 Å². The van der Waals surface area contributed by atoms with Crippen LogP contribution in [0.25, 0.3) is 0 Å². The second kappa shape index (κ2) is 7.38. The summed E-state index contributed by atoms with van der Waals surface area (Å²) in [6, 6.07) is 1.79. The summed E-state index contributed by atoms with van der Waals surface area (Å²) in [5, 5.41) is 14.1. The van der Waals surface area contributed by atoms with Crippen molar-refractivity contribution in [2.45, 2.75) is 32.1 Å². The first-order valence-corrected chi connectivity index (χ1v) is 9.32. The van der Waals surface area contributed by atoms with Crippen molar-refractivity contribution < 1.29 is 17.6 Å². The van der Waals surface area contributed by atoms with Gasteiger partial charge in [0.25, 0.3) is 5.56 Å². The van der Waals surface area contributed by atoms with E-state index in [-0.39, 0.29) is 17.1 Å². The Hall–Kier alpha value is -2.95. The van der Waals surface area contributed by atoms with Crippen LogP contribution in [0, 0.1) is 5.82 Å². The van der Waals surface area contributed by atoms with Crippen LogP contribution in [0.15, 0.2) is 29.2 Å².